The van der Waals surface area contributed by atoms with Crippen LogP contribution in [-0.2, 0) is 15.1 Å². The van der Waals surface area contributed by atoms with E-state index in [1.807, 2.05) is 16.9 Å². The van der Waals surface area contributed by atoms with Gasteiger partial charge in [0.2, 0.25) is 5.91 Å². The first-order chi connectivity index (χ1) is 11.5. The minimum atomic E-state index is -0.560. The molecule has 9 heteroatoms. The van der Waals surface area contributed by atoms with Gasteiger partial charge in [-0.3, -0.25) is 14.4 Å². The van der Waals surface area contributed by atoms with Crippen molar-refractivity contribution in [1.82, 2.24) is 25.3 Å². The predicted octanol–water partition coefficient (Wildman–Crippen LogP) is 1.03. The summed E-state index contributed by atoms with van der Waals surface area (Å²) < 4.78 is 7.39. The molecule has 2 fully saturated rings. The van der Waals surface area contributed by atoms with Crippen LogP contribution in [0.5, 0.6) is 0 Å². The van der Waals surface area contributed by atoms with E-state index in [1.165, 1.54) is 0 Å². The second kappa shape index (κ2) is 9.90. The predicted molar refractivity (Wildman–Crippen MR) is 106 cm³/mol. The lowest BCUT2D eigenvalue weighted by Crippen LogP contribution is -2.57. The Hall–Kier alpha value is -0.860. The molecule has 0 bridgehead atoms. The lowest BCUT2D eigenvalue weighted by Gasteiger charge is -2.42. The van der Waals surface area contributed by atoms with Crippen molar-refractivity contribution in [3.8, 4) is 0 Å². The summed E-state index contributed by atoms with van der Waals surface area (Å²) in [5.74, 6) is 0.0822. The van der Waals surface area contributed by atoms with Crippen LogP contribution in [-0.4, -0.2) is 72.1 Å². The van der Waals surface area contributed by atoms with Gasteiger partial charge in [-0.05, 0) is 45.8 Å². The molecule has 0 atom stereocenters. The zero-order valence-corrected chi connectivity index (χ0v) is 17.2. The second-order valence-corrected chi connectivity index (χ2v) is 7.34. The van der Waals surface area contributed by atoms with E-state index in [0.717, 1.165) is 52.2 Å². The number of halogens is 2. The summed E-state index contributed by atoms with van der Waals surface area (Å²) in [7, 11) is 0. The van der Waals surface area contributed by atoms with E-state index >= 15 is 0 Å². The first kappa shape index (κ1) is 23.2. The average molecular weight is 408 g/mol. The van der Waals surface area contributed by atoms with E-state index in [2.05, 4.69) is 34.5 Å². The van der Waals surface area contributed by atoms with Crippen LogP contribution in [0.3, 0.4) is 0 Å². The molecule has 1 aromatic heterocycles. The van der Waals surface area contributed by atoms with Crippen LogP contribution in [0, 0.1) is 0 Å². The minimum Gasteiger partial charge on any atom is -0.378 e. The second-order valence-electron chi connectivity index (χ2n) is 7.34. The van der Waals surface area contributed by atoms with Crippen LogP contribution in [0.2, 0.25) is 0 Å². The fraction of sp³-hybridized carbons (Fsp3) is 0.765. The van der Waals surface area contributed by atoms with Crippen molar-refractivity contribution >= 4 is 30.7 Å². The summed E-state index contributed by atoms with van der Waals surface area (Å²) in [6, 6.07) is 1.88. The lowest BCUT2D eigenvalue weighted by atomic mass is 9.87. The molecule has 2 aliphatic rings. The largest absolute Gasteiger partial charge is 0.378 e. The zero-order valence-electron chi connectivity index (χ0n) is 15.6. The molecular formula is C17H31Cl2N5O2. The Morgan fingerprint density at radius 3 is 2.65 bits per heavy atom. The highest BCUT2D eigenvalue weighted by atomic mass is 35.5. The van der Waals surface area contributed by atoms with Gasteiger partial charge in [-0.1, -0.05) is 0 Å². The van der Waals surface area contributed by atoms with Crippen LogP contribution < -0.4 is 10.6 Å². The maximum Gasteiger partial charge on any atom is 0.248 e. The molecule has 0 radical (unpaired) electrons. The van der Waals surface area contributed by atoms with Gasteiger partial charge < -0.3 is 15.4 Å². The van der Waals surface area contributed by atoms with Gasteiger partial charge >= 0.3 is 0 Å². The summed E-state index contributed by atoms with van der Waals surface area (Å²) in [6.07, 6.45) is 5.18. The number of nitrogens with one attached hydrogen (secondary N) is 2. The monoisotopic (exact) mass is 407 g/mol. The van der Waals surface area contributed by atoms with Gasteiger partial charge in [0.15, 0.2) is 0 Å². The van der Waals surface area contributed by atoms with E-state index in [-0.39, 0.29) is 36.3 Å². The zero-order chi connectivity index (χ0) is 17.0. The number of hydrogen-bond donors (Lipinski definition) is 2. The highest BCUT2D eigenvalue weighted by molar-refractivity contribution is 5.85. The minimum absolute atomic E-state index is 0. The van der Waals surface area contributed by atoms with Crippen molar-refractivity contribution in [1.29, 1.82) is 0 Å². The quantitative estimate of drug-likeness (QED) is 0.762. The highest BCUT2D eigenvalue weighted by Crippen LogP contribution is 2.27. The van der Waals surface area contributed by atoms with Gasteiger partial charge in [-0.25, -0.2) is 0 Å². The number of amides is 1. The molecule has 3 rings (SSSR count). The summed E-state index contributed by atoms with van der Waals surface area (Å²) in [5, 5.41) is 10.8. The Morgan fingerprint density at radius 1 is 1.31 bits per heavy atom. The van der Waals surface area contributed by atoms with Crippen LogP contribution >= 0.6 is 24.8 Å². The van der Waals surface area contributed by atoms with Crippen molar-refractivity contribution in [2.45, 2.75) is 37.8 Å². The number of nitrogens with zero attached hydrogens (tertiary/aromatic N) is 3. The van der Waals surface area contributed by atoms with Gasteiger partial charge in [0.1, 0.15) is 5.54 Å². The van der Waals surface area contributed by atoms with Gasteiger partial charge in [-0.2, -0.15) is 5.10 Å². The number of morpholine rings is 1. The topological polar surface area (TPSA) is 71.4 Å². The molecule has 1 amide bonds. The van der Waals surface area contributed by atoms with Gasteiger partial charge in [-0.15, -0.1) is 24.8 Å². The Kier molecular flexibility index (Phi) is 8.82. The standard InChI is InChI=1S/C17H29N5O2.2ClH/c1-16(2)14-24-13-12-21(16)11-9-19-15(23)17(4-7-18-8-5-17)22-10-3-6-20-22;;/h3,6,10,18H,4-5,7-9,11-14H2,1-2H3,(H,19,23);2*1H. The Balaban J connectivity index is 0.00000169. The molecule has 2 N–H and O–H groups in total. The maximum atomic E-state index is 13.0. The van der Waals surface area contributed by atoms with Crippen molar-refractivity contribution in [3.63, 3.8) is 0 Å². The van der Waals surface area contributed by atoms with Gasteiger partial charge in [0, 0.05) is 37.6 Å². The SMILES string of the molecule is CC1(C)COCCN1CCNC(=O)C1(n2cccn2)CCNCC1.Cl.Cl. The summed E-state index contributed by atoms with van der Waals surface area (Å²) in [4.78, 5) is 15.4. The summed E-state index contributed by atoms with van der Waals surface area (Å²) in [5.41, 5.74) is -0.535. The van der Waals surface area contributed by atoms with E-state index in [0.29, 0.717) is 6.54 Å². The molecule has 3 heterocycles. The molecule has 150 valence electrons. The third-order valence-corrected chi connectivity index (χ3v) is 5.28. The number of piperidine rings is 1. The lowest BCUT2D eigenvalue weighted by molar-refractivity contribution is -0.132. The maximum absolute atomic E-state index is 13.0. The number of ether oxygens (including phenoxy) is 1. The van der Waals surface area contributed by atoms with Crippen molar-refractivity contribution in [2.24, 2.45) is 0 Å². The fourth-order valence-corrected chi connectivity index (χ4v) is 3.70. The van der Waals surface area contributed by atoms with E-state index < -0.39 is 5.54 Å². The number of rotatable bonds is 5. The molecule has 26 heavy (non-hydrogen) atoms. The normalized spacial score (nSPS) is 21.9. The van der Waals surface area contributed by atoms with Gasteiger partial charge in [0.25, 0.3) is 0 Å². The number of carbonyl (C=O) groups is 1. The summed E-state index contributed by atoms with van der Waals surface area (Å²) in [6.45, 7) is 9.96. The highest BCUT2D eigenvalue weighted by Gasteiger charge is 2.42. The smallest absolute Gasteiger partial charge is 0.248 e. The van der Waals surface area contributed by atoms with E-state index in [1.54, 1.807) is 6.20 Å². The number of carbonyl (C=O) groups excluding carboxylic acids is 1. The molecular weight excluding hydrogens is 377 g/mol. The summed E-state index contributed by atoms with van der Waals surface area (Å²) >= 11 is 0. The average Bonchev–Trinajstić information content (AvgIpc) is 3.12. The molecule has 2 aliphatic heterocycles. The molecule has 0 unspecified atom stereocenters. The molecule has 1 aromatic rings. The molecule has 0 saturated carbocycles. The Morgan fingerprint density at radius 2 is 2.04 bits per heavy atom. The fourth-order valence-electron chi connectivity index (χ4n) is 3.70. The van der Waals surface area contributed by atoms with Gasteiger partial charge in [0.05, 0.1) is 13.2 Å². The van der Waals surface area contributed by atoms with Crippen molar-refractivity contribution in [3.05, 3.63) is 18.5 Å². The van der Waals surface area contributed by atoms with Crippen molar-refractivity contribution in [2.75, 3.05) is 45.9 Å². The third-order valence-electron chi connectivity index (χ3n) is 5.28. The van der Waals surface area contributed by atoms with Crippen LogP contribution in [0.15, 0.2) is 18.5 Å². The molecule has 2 saturated heterocycles. The van der Waals surface area contributed by atoms with Crippen molar-refractivity contribution < 1.29 is 9.53 Å². The number of hydrogen-bond acceptors (Lipinski definition) is 5. The molecule has 0 spiro atoms. The van der Waals surface area contributed by atoms with Crippen LogP contribution in [0.25, 0.3) is 0 Å². The number of aromatic nitrogens is 2. The first-order valence-corrected chi connectivity index (χ1v) is 8.87. The Bertz CT molecular complexity index is 547. The van der Waals surface area contributed by atoms with Crippen LogP contribution in [0.4, 0.5) is 0 Å². The first-order valence-electron chi connectivity index (χ1n) is 8.87. The van der Waals surface area contributed by atoms with Crippen LogP contribution in [0.1, 0.15) is 26.7 Å². The Labute approximate surface area is 168 Å². The molecule has 0 aliphatic carbocycles. The third kappa shape index (κ3) is 4.89. The molecule has 7 nitrogen and oxygen atoms in total. The molecule has 0 aromatic carbocycles. The van der Waals surface area contributed by atoms with E-state index in [9.17, 15) is 4.79 Å². The van der Waals surface area contributed by atoms with E-state index in [4.69, 9.17) is 4.74 Å².